The van der Waals surface area contributed by atoms with E-state index in [9.17, 15) is 0 Å². The van der Waals surface area contributed by atoms with Crippen LogP contribution in [-0.4, -0.2) is 9.36 Å². The molecule has 0 radical (unpaired) electrons. The van der Waals surface area contributed by atoms with Gasteiger partial charge in [-0.3, -0.25) is 0 Å². The van der Waals surface area contributed by atoms with E-state index in [2.05, 4.69) is 18.8 Å². The second-order valence-corrected chi connectivity index (χ2v) is 4.34. The molecule has 1 heteroatoms. The monoisotopic (exact) mass is 213 g/mol. The first-order chi connectivity index (χ1) is 3.31. The van der Waals surface area contributed by atoms with Gasteiger partial charge in [-0.1, -0.05) is 0 Å². The van der Waals surface area contributed by atoms with Crippen LogP contribution in [0, 0.1) is 5.92 Å². The van der Waals surface area contributed by atoms with E-state index in [1.165, 1.54) is 10.8 Å². The van der Waals surface area contributed by atoms with Gasteiger partial charge >= 0.3 is 56.7 Å². The molecular weight excluding hydrogens is 199 g/mol. The molecule has 0 spiro atoms. The van der Waals surface area contributed by atoms with E-state index >= 15 is 0 Å². The fourth-order valence-corrected chi connectivity index (χ4v) is 2.50. The molecule has 0 saturated carbocycles. The van der Waals surface area contributed by atoms with Crippen LogP contribution in [0.2, 0.25) is 0 Å². The zero-order valence-electron chi connectivity index (χ0n) is 5.37. The van der Waals surface area contributed by atoms with E-state index in [-0.39, 0.29) is 0 Å². The van der Waals surface area contributed by atoms with Gasteiger partial charge in [0.05, 0.1) is 0 Å². The maximum atomic E-state index is 2.35. The van der Waals surface area contributed by atoms with Crippen LogP contribution < -0.4 is 21.2 Å². The van der Waals surface area contributed by atoms with Crippen LogP contribution >= 0.6 is 0 Å². The average molecular weight is 213 g/mol. The summed E-state index contributed by atoms with van der Waals surface area (Å²) in [7, 11) is 0. The molecule has 0 aromatic heterocycles. The van der Waals surface area contributed by atoms with Gasteiger partial charge in [-0.05, 0) is 0 Å². The summed E-state index contributed by atoms with van der Waals surface area (Å²) in [6.07, 6.45) is 1.37. The summed E-state index contributed by atoms with van der Waals surface area (Å²) < 4.78 is 1.51. The molecule has 0 saturated heterocycles. The molecule has 7 heavy (non-hydrogen) atoms. The van der Waals surface area contributed by atoms with Gasteiger partial charge in [-0.2, -0.15) is 0 Å². The molecule has 0 aromatic rings. The third kappa shape index (κ3) is 4.59. The quantitative estimate of drug-likeness (QED) is 0.406. The average Bonchev–Trinajstić information content (AvgIpc) is 1.68. The Labute approximate surface area is 56.9 Å². The molecule has 46 valence electrons. The Kier molecular flexibility index (Phi) is 5.39. The van der Waals surface area contributed by atoms with Crippen LogP contribution in [0.1, 0.15) is 20.3 Å². The molecule has 0 N–H and O–H groups in total. The molecule has 0 amide bonds. The molecule has 0 rings (SSSR count). The van der Waals surface area contributed by atoms with Gasteiger partial charge in [0, 0.05) is 0 Å². The Morgan fingerprint density at radius 2 is 2.14 bits per heavy atom. The summed E-state index contributed by atoms with van der Waals surface area (Å²) in [5, 5.41) is 0. The third-order valence-corrected chi connectivity index (χ3v) is 3.50. The fourth-order valence-electron chi connectivity index (χ4n) is 0.373. The number of halogens is 1. The second kappa shape index (κ2) is 4.88. The molecule has 0 fully saturated rings. The first kappa shape index (κ1) is 7.73. The van der Waals surface area contributed by atoms with E-state index in [4.69, 9.17) is 0 Å². The summed E-state index contributed by atoms with van der Waals surface area (Å²) in [6.45, 7) is 4.60. The summed E-state index contributed by atoms with van der Waals surface area (Å²) in [5.74, 6) is 0.998. The van der Waals surface area contributed by atoms with E-state index < -0.39 is 0 Å². The second-order valence-electron chi connectivity index (χ2n) is 1.93. The Morgan fingerprint density at radius 3 is 2.29 bits per heavy atom. The van der Waals surface area contributed by atoms with Gasteiger partial charge in [0.2, 0.25) is 0 Å². The van der Waals surface area contributed by atoms with E-state index in [1.54, 1.807) is 0 Å². The minimum absolute atomic E-state index is 0.561. The van der Waals surface area contributed by atoms with Gasteiger partial charge in [-0.25, -0.2) is 0 Å². The van der Waals surface area contributed by atoms with E-state index in [0.717, 1.165) is 5.92 Å². The zero-order valence-corrected chi connectivity index (χ0v) is 7.53. The summed E-state index contributed by atoms with van der Waals surface area (Å²) in [6, 6.07) is 0. The van der Waals surface area contributed by atoms with Crippen molar-refractivity contribution >= 4 is 0 Å². The Bertz CT molecular complexity index is 35.2. The molecule has 0 bridgehead atoms. The third-order valence-electron chi connectivity index (χ3n) is 1.11. The first-order valence-electron chi connectivity index (χ1n) is 2.75. The van der Waals surface area contributed by atoms with Gasteiger partial charge in [-0.15, -0.1) is 0 Å². The van der Waals surface area contributed by atoms with Crippen molar-refractivity contribution in [2.24, 2.45) is 5.92 Å². The van der Waals surface area contributed by atoms with Gasteiger partial charge in [0.1, 0.15) is 0 Å². The number of hydrogen-bond donors (Lipinski definition) is 0. The topological polar surface area (TPSA) is 0 Å². The predicted octanol–water partition coefficient (Wildman–Crippen LogP) is -1.25. The summed E-state index contributed by atoms with van der Waals surface area (Å²) >= 11 is 0.561. The number of hydrogen-bond acceptors (Lipinski definition) is 0. The standard InChI is InChI=1S/C6H14I/c1-4-6(2)5-7-3/h6H,4-5H2,1-3H3/q-1. The first-order valence-corrected chi connectivity index (χ1v) is 6.43. The van der Waals surface area contributed by atoms with Crippen molar-refractivity contribution in [3.8, 4) is 0 Å². The van der Waals surface area contributed by atoms with Crippen LogP contribution in [0.5, 0.6) is 0 Å². The van der Waals surface area contributed by atoms with Crippen LogP contribution in [0.4, 0.5) is 0 Å². The molecule has 0 aliphatic heterocycles. The van der Waals surface area contributed by atoms with Crippen molar-refractivity contribution in [1.82, 2.24) is 0 Å². The minimum atomic E-state index is 0.561. The van der Waals surface area contributed by atoms with Crippen molar-refractivity contribution in [3.05, 3.63) is 0 Å². The molecular formula is C6H14I-. The number of alkyl halides is 2. The molecule has 0 aliphatic carbocycles. The van der Waals surface area contributed by atoms with Crippen LogP contribution in [0.15, 0.2) is 0 Å². The Balaban J connectivity index is 2.83. The fraction of sp³-hybridized carbons (Fsp3) is 1.00. The molecule has 0 heterocycles. The normalized spacial score (nSPS) is 14.7. The van der Waals surface area contributed by atoms with Crippen LogP contribution in [0.25, 0.3) is 0 Å². The van der Waals surface area contributed by atoms with Gasteiger partial charge in [0.25, 0.3) is 0 Å². The van der Waals surface area contributed by atoms with Crippen LogP contribution in [-0.2, 0) is 0 Å². The molecule has 0 aliphatic rings. The SMILES string of the molecule is CCC(C)C[I-]C. The summed E-state index contributed by atoms with van der Waals surface area (Å²) in [4.78, 5) is 2.35. The van der Waals surface area contributed by atoms with Crippen molar-refractivity contribution < 1.29 is 21.2 Å². The Hall–Kier alpha value is 0.730. The van der Waals surface area contributed by atoms with E-state index in [0.29, 0.717) is 21.2 Å². The van der Waals surface area contributed by atoms with Crippen molar-refractivity contribution in [2.45, 2.75) is 20.3 Å². The molecule has 1 unspecified atom stereocenters. The number of rotatable bonds is 3. The Morgan fingerprint density at radius 1 is 1.57 bits per heavy atom. The summed E-state index contributed by atoms with van der Waals surface area (Å²) in [5.41, 5.74) is 0. The predicted molar refractivity (Wildman–Crippen MR) is 30.2 cm³/mol. The van der Waals surface area contributed by atoms with Crippen molar-refractivity contribution in [2.75, 3.05) is 9.36 Å². The van der Waals surface area contributed by atoms with Gasteiger partial charge in [0.15, 0.2) is 0 Å². The van der Waals surface area contributed by atoms with Gasteiger partial charge < -0.3 is 0 Å². The van der Waals surface area contributed by atoms with E-state index in [1.807, 2.05) is 0 Å². The zero-order chi connectivity index (χ0) is 5.70. The molecule has 0 aromatic carbocycles. The van der Waals surface area contributed by atoms with Crippen molar-refractivity contribution in [1.29, 1.82) is 0 Å². The maximum absolute atomic E-state index is 2.35. The molecule has 1 atom stereocenters. The van der Waals surface area contributed by atoms with Crippen LogP contribution in [0.3, 0.4) is 0 Å². The van der Waals surface area contributed by atoms with Crippen molar-refractivity contribution in [3.63, 3.8) is 0 Å². The molecule has 0 nitrogen and oxygen atoms in total.